The van der Waals surface area contributed by atoms with E-state index in [0.29, 0.717) is 15.6 Å². The van der Waals surface area contributed by atoms with Gasteiger partial charge in [-0.2, -0.15) is 0 Å². The van der Waals surface area contributed by atoms with Crippen LogP contribution in [0.4, 0.5) is 5.69 Å². The summed E-state index contributed by atoms with van der Waals surface area (Å²) in [4.78, 5) is 13.0. The van der Waals surface area contributed by atoms with E-state index in [1.165, 1.54) is 5.56 Å². The van der Waals surface area contributed by atoms with Crippen LogP contribution in [0.15, 0.2) is 42.5 Å². The van der Waals surface area contributed by atoms with Crippen LogP contribution in [-0.4, -0.2) is 15.5 Å². The van der Waals surface area contributed by atoms with E-state index in [1.54, 1.807) is 12.1 Å². The van der Waals surface area contributed by atoms with Gasteiger partial charge in [0.2, 0.25) is 0 Å². The molecule has 3 aromatic rings. The molecule has 0 aliphatic heterocycles. The van der Waals surface area contributed by atoms with Gasteiger partial charge >= 0.3 is 0 Å². The SMILES string of the molecule is Cc1ccc(NC(=O)c2snnc2-c2ccc(Cl)cc2)cc1C. The number of halogens is 1. The van der Waals surface area contributed by atoms with Gasteiger partial charge in [0, 0.05) is 16.3 Å². The molecule has 1 aromatic heterocycles. The molecule has 0 unspecified atom stereocenters. The van der Waals surface area contributed by atoms with Crippen LogP contribution in [0.3, 0.4) is 0 Å². The average Bonchev–Trinajstić information content (AvgIpc) is 3.01. The van der Waals surface area contributed by atoms with Crippen LogP contribution in [0, 0.1) is 13.8 Å². The van der Waals surface area contributed by atoms with Crippen molar-refractivity contribution in [1.29, 1.82) is 0 Å². The zero-order valence-electron chi connectivity index (χ0n) is 12.6. The molecule has 0 aliphatic rings. The quantitative estimate of drug-likeness (QED) is 0.748. The van der Waals surface area contributed by atoms with Crippen LogP contribution in [0.25, 0.3) is 11.3 Å². The summed E-state index contributed by atoms with van der Waals surface area (Å²) in [6.45, 7) is 4.05. The number of anilines is 1. The lowest BCUT2D eigenvalue weighted by atomic mass is 10.1. The van der Waals surface area contributed by atoms with Gasteiger partial charge in [-0.05, 0) is 60.8 Å². The standard InChI is InChI=1S/C17H14ClN3OS/c1-10-3-8-14(9-11(10)2)19-17(22)16-15(20-21-23-16)12-4-6-13(18)7-5-12/h3-9H,1-2H3,(H,19,22). The van der Waals surface area contributed by atoms with E-state index in [4.69, 9.17) is 11.6 Å². The molecule has 6 heteroatoms. The number of hydrogen-bond acceptors (Lipinski definition) is 4. The molecular formula is C17H14ClN3OS. The Kier molecular flexibility index (Phi) is 4.41. The van der Waals surface area contributed by atoms with Crippen LogP contribution in [0.2, 0.25) is 5.02 Å². The first-order chi connectivity index (χ1) is 11.0. The van der Waals surface area contributed by atoms with E-state index in [0.717, 1.165) is 28.3 Å². The van der Waals surface area contributed by atoms with Gasteiger partial charge in [0.05, 0.1) is 0 Å². The Labute approximate surface area is 143 Å². The predicted octanol–water partition coefficient (Wildman–Crippen LogP) is 4.73. The lowest BCUT2D eigenvalue weighted by Crippen LogP contribution is -2.11. The van der Waals surface area contributed by atoms with Crippen molar-refractivity contribution in [3.63, 3.8) is 0 Å². The van der Waals surface area contributed by atoms with Crippen molar-refractivity contribution in [2.75, 3.05) is 5.32 Å². The largest absolute Gasteiger partial charge is 0.321 e. The van der Waals surface area contributed by atoms with Gasteiger partial charge in [-0.3, -0.25) is 4.79 Å². The molecule has 0 atom stereocenters. The van der Waals surface area contributed by atoms with Gasteiger partial charge in [-0.25, -0.2) is 0 Å². The summed E-state index contributed by atoms with van der Waals surface area (Å²) in [7, 11) is 0. The minimum atomic E-state index is -0.215. The van der Waals surface area contributed by atoms with E-state index < -0.39 is 0 Å². The van der Waals surface area contributed by atoms with E-state index in [1.807, 2.05) is 44.2 Å². The summed E-state index contributed by atoms with van der Waals surface area (Å²) in [6, 6.07) is 13.0. The summed E-state index contributed by atoms with van der Waals surface area (Å²) >= 11 is 6.97. The number of carbonyl (C=O) groups excluding carboxylic acids is 1. The van der Waals surface area contributed by atoms with E-state index in [9.17, 15) is 4.79 Å². The first kappa shape index (κ1) is 15.6. The second-order valence-corrected chi connectivity index (χ2v) is 6.40. The molecule has 0 spiro atoms. The van der Waals surface area contributed by atoms with Gasteiger partial charge in [0.15, 0.2) is 0 Å². The van der Waals surface area contributed by atoms with Crippen molar-refractivity contribution in [1.82, 2.24) is 9.59 Å². The van der Waals surface area contributed by atoms with Crippen molar-refractivity contribution in [2.24, 2.45) is 0 Å². The van der Waals surface area contributed by atoms with Crippen LogP contribution in [0.5, 0.6) is 0 Å². The van der Waals surface area contributed by atoms with E-state index in [2.05, 4.69) is 14.9 Å². The molecule has 116 valence electrons. The third kappa shape index (κ3) is 3.41. The Morgan fingerprint density at radius 3 is 2.52 bits per heavy atom. The maximum atomic E-state index is 12.5. The number of amides is 1. The van der Waals surface area contributed by atoms with Gasteiger partial charge in [0.1, 0.15) is 10.6 Å². The zero-order chi connectivity index (χ0) is 16.4. The number of rotatable bonds is 3. The van der Waals surface area contributed by atoms with E-state index in [-0.39, 0.29) is 5.91 Å². The highest BCUT2D eigenvalue weighted by Crippen LogP contribution is 2.26. The molecule has 1 amide bonds. The first-order valence-corrected chi connectivity index (χ1v) is 8.16. The van der Waals surface area contributed by atoms with Gasteiger partial charge in [0.25, 0.3) is 5.91 Å². The molecule has 0 bridgehead atoms. The van der Waals surface area contributed by atoms with Gasteiger partial charge < -0.3 is 5.32 Å². The number of benzene rings is 2. The van der Waals surface area contributed by atoms with E-state index >= 15 is 0 Å². The Balaban J connectivity index is 1.87. The zero-order valence-corrected chi connectivity index (χ0v) is 14.2. The molecular weight excluding hydrogens is 330 g/mol. The Morgan fingerprint density at radius 1 is 1.09 bits per heavy atom. The Morgan fingerprint density at radius 2 is 1.83 bits per heavy atom. The monoisotopic (exact) mass is 343 g/mol. The molecule has 1 heterocycles. The van der Waals surface area contributed by atoms with Crippen LogP contribution in [-0.2, 0) is 0 Å². The average molecular weight is 344 g/mol. The molecule has 0 fully saturated rings. The van der Waals surface area contributed by atoms with Crippen molar-refractivity contribution < 1.29 is 4.79 Å². The summed E-state index contributed by atoms with van der Waals surface area (Å²) in [5.41, 5.74) is 4.45. The molecule has 2 aromatic carbocycles. The van der Waals surface area contributed by atoms with Crippen molar-refractivity contribution >= 4 is 34.7 Å². The smallest absolute Gasteiger partial charge is 0.269 e. The maximum Gasteiger partial charge on any atom is 0.269 e. The van der Waals surface area contributed by atoms with Crippen LogP contribution >= 0.6 is 23.1 Å². The molecule has 3 rings (SSSR count). The lowest BCUT2D eigenvalue weighted by molar-refractivity contribution is 0.103. The summed E-state index contributed by atoms with van der Waals surface area (Å²) in [5.74, 6) is -0.215. The first-order valence-electron chi connectivity index (χ1n) is 7.01. The molecule has 1 N–H and O–H groups in total. The minimum Gasteiger partial charge on any atom is -0.321 e. The summed E-state index contributed by atoms with van der Waals surface area (Å²) < 4.78 is 3.91. The maximum absolute atomic E-state index is 12.5. The van der Waals surface area contributed by atoms with Crippen LogP contribution < -0.4 is 5.32 Å². The van der Waals surface area contributed by atoms with Crippen molar-refractivity contribution in [2.45, 2.75) is 13.8 Å². The number of aryl methyl sites for hydroxylation is 2. The summed E-state index contributed by atoms with van der Waals surface area (Å²) in [5, 5.41) is 7.61. The highest BCUT2D eigenvalue weighted by molar-refractivity contribution is 7.08. The second-order valence-electron chi connectivity index (χ2n) is 5.21. The predicted molar refractivity (Wildman–Crippen MR) is 94.2 cm³/mol. The topological polar surface area (TPSA) is 54.9 Å². The molecule has 4 nitrogen and oxygen atoms in total. The minimum absolute atomic E-state index is 0.215. The Bertz CT molecular complexity index is 859. The fourth-order valence-electron chi connectivity index (χ4n) is 2.14. The number of nitrogens with one attached hydrogen (secondary N) is 1. The number of aromatic nitrogens is 2. The highest BCUT2D eigenvalue weighted by atomic mass is 35.5. The van der Waals surface area contributed by atoms with Gasteiger partial charge in [-0.1, -0.05) is 34.3 Å². The van der Waals surface area contributed by atoms with Crippen molar-refractivity contribution in [3.8, 4) is 11.3 Å². The lowest BCUT2D eigenvalue weighted by Gasteiger charge is -2.07. The fraction of sp³-hybridized carbons (Fsp3) is 0.118. The Hall–Kier alpha value is -2.24. The second kappa shape index (κ2) is 6.48. The number of hydrogen-bond donors (Lipinski definition) is 1. The third-order valence-electron chi connectivity index (χ3n) is 3.58. The fourth-order valence-corrected chi connectivity index (χ4v) is 2.85. The molecule has 0 saturated carbocycles. The molecule has 0 radical (unpaired) electrons. The highest BCUT2D eigenvalue weighted by Gasteiger charge is 2.18. The number of carbonyl (C=O) groups is 1. The number of nitrogens with zero attached hydrogens (tertiary/aromatic N) is 2. The third-order valence-corrected chi connectivity index (χ3v) is 4.55. The molecule has 23 heavy (non-hydrogen) atoms. The normalized spacial score (nSPS) is 10.6. The molecule has 0 saturated heterocycles. The van der Waals surface area contributed by atoms with Gasteiger partial charge in [-0.15, -0.1) is 5.10 Å². The molecule has 0 aliphatic carbocycles. The van der Waals surface area contributed by atoms with Crippen LogP contribution in [0.1, 0.15) is 20.8 Å². The summed E-state index contributed by atoms with van der Waals surface area (Å²) in [6.07, 6.45) is 0. The van der Waals surface area contributed by atoms with Crippen molar-refractivity contribution in [3.05, 3.63) is 63.5 Å².